The molecule has 0 spiro atoms. The van der Waals surface area contributed by atoms with E-state index < -0.39 is 7.60 Å². The molecular weight excluding hydrogens is 371 g/mol. The predicted octanol–water partition coefficient (Wildman–Crippen LogP) is 1.21. The van der Waals surface area contributed by atoms with Gasteiger partial charge >= 0.3 is 7.60 Å². The van der Waals surface area contributed by atoms with E-state index in [4.69, 9.17) is 14.5 Å². The molecule has 1 fully saturated rings. The Morgan fingerprint density at radius 3 is 2.48 bits per heavy atom. The number of aromatic nitrogens is 2. The molecule has 3 N–H and O–H groups in total. The topological polar surface area (TPSA) is 119 Å². The van der Waals surface area contributed by atoms with E-state index in [1.165, 1.54) is 7.11 Å². The molecule has 0 aliphatic carbocycles. The molecule has 148 valence electrons. The molecule has 1 saturated heterocycles. The van der Waals surface area contributed by atoms with Gasteiger partial charge in [-0.25, -0.2) is 9.97 Å². The normalized spacial score (nSPS) is 16.1. The molecule has 1 aromatic carbocycles. The summed E-state index contributed by atoms with van der Waals surface area (Å²) in [6, 6.07) is 3.34. The minimum atomic E-state index is -3.98. The zero-order valence-electron chi connectivity index (χ0n) is 15.5. The van der Waals surface area contributed by atoms with Crippen molar-refractivity contribution in [2.45, 2.75) is 13.3 Å². The summed E-state index contributed by atoms with van der Waals surface area (Å²) in [5, 5.41) is 10.9. The number of aromatic hydroxyl groups is 1. The van der Waals surface area contributed by atoms with Crippen LogP contribution < -0.4 is 9.64 Å². The van der Waals surface area contributed by atoms with Crippen molar-refractivity contribution in [3.63, 3.8) is 0 Å². The highest BCUT2D eigenvalue weighted by molar-refractivity contribution is 7.51. The quantitative estimate of drug-likeness (QED) is 0.619. The number of phenolic OH excluding ortho intramolecular Hbond substituents is 1. The summed E-state index contributed by atoms with van der Waals surface area (Å²) in [7, 11) is -2.48. The van der Waals surface area contributed by atoms with Crippen LogP contribution in [0.3, 0.4) is 0 Å². The average molecular weight is 396 g/mol. The van der Waals surface area contributed by atoms with Crippen molar-refractivity contribution in [3.8, 4) is 11.5 Å². The Balaban J connectivity index is 1.84. The lowest BCUT2D eigenvalue weighted by molar-refractivity contribution is 0.264. The highest BCUT2D eigenvalue weighted by atomic mass is 31.2. The second kappa shape index (κ2) is 7.98. The van der Waals surface area contributed by atoms with Crippen LogP contribution in [0.25, 0.3) is 10.9 Å². The van der Waals surface area contributed by atoms with Crippen molar-refractivity contribution in [1.29, 1.82) is 0 Å². The molecule has 10 heteroatoms. The maximum absolute atomic E-state index is 11.1. The fourth-order valence-electron chi connectivity index (χ4n) is 3.19. The summed E-state index contributed by atoms with van der Waals surface area (Å²) in [5.41, 5.74) is 0.718. The molecule has 3 rings (SSSR count). The number of nitrogens with zero attached hydrogens (tertiary/aromatic N) is 4. The van der Waals surface area contributed by atoms with Crippen LogP contribution in [0.5, 0.6) is 11.5 Å². The van der Waals surface area contributed by atoms with Crippen molar-refractivity contribution in [2.75, 3.05) is 50.9 Å². The van der Waals surface area contributed by atoms with Crippen LogP contribution in [0.1, 0.15) is 12.7 Å². The predicted molar refractivity (Wildman–Crippen MR) is 103 cm³/mol. The van der Waals surface area contributed by atoms with E-state index in [0.717, 1.165) is 16.7 Å². The molecular formula is C17H25N4O5P. The van der Waals surface area contributed by atoms with E-state index >= 15 is 0 Å². The van der Waals surface area contributed by atoms with Gasteiger partial charge in [0.1, 0.15) is 11.6 Å². The van der Waals surface area contributed by atoms with Gasteiger partial charge in [-0.05, 0) is 6.07 Å². The Hall–Kier alpha value is -1.93. The number of ether oxygens (including phenoxy) is 1. The monoisotopic (exact) mass is 396 g/mol. The fraction of sp³-hybridized carbons (Fsp3) is 0.529. The van der Waals surface area contributed by atoms with Crippen LogP contribution in [-0.4, -0.2) is 75.8 Å². The van der Waals surface area contributed by atoms with Gasteiger partial charge in [-0.15, -0.1) is 0 Å². The Bertz CT molecular complexity index is 864. The molecule has 0 radical (unpaired) electrons. The minimum absolute atomic E-state index is 0.0411. The SMILES string of the molecule is CCc1nc(N2CCN(CCP(=O)(O)O)CC2)c2cc(O)c(OC)cc2n1. The largest absolute Gasteiger partial charge is 0.504 e. The lowest BCUT2D eigenvalue weighted by Gasteiger charge is -2.36. The maximum atomic E-state index is 11.1. The first-order valence-corrected chi connectivity index (χ1v) is 10.7. The Kier molecular flexibility index (Phi) is 5.86. The number of hydrogen-bond donors (Lipinski definition) is 3. The molecule has 0 amide bonds. The number of rotatable bonds is 6. The molecule has 2 aromatic rings. The Morgan fingerprint density at radius 2 is 1.89 bits per heavy atom. The number of aryl methyl sites for hydroxylation is 1. The van der Waals surface area contributed by atoms with Gasteiger partial charge < -0.3 is 24.5 Å². The van der Waals surface area contributed by atoms with Crippen molar-refractivity contribution < 1.29 is 24.2 Å². The van der Waals surface area contributed by atoms with E-state index in [1.54, 1.807) is 12.1 Å². The van der Waals surface area contributed by atoms with Gasteiger partial charge in [0.05, 0.1) is 18.8 Å². The number of anilines is 1. The summed E-state index contributed by atoms with van der Waals surface area (Å²) in [5.74, 6) is 1.90. The molecule has 9 nitrogen and oxygen atoms in total. The Morgan fingerprint density at radius 1 is 1.19 bits per heavy atom. The van der Waals surface area contributed by atoms with Crippen molar-refractivity contribution in [1.82, 2.24) is 14.9 Å². The molecule has 0 saturated carbocycles. The van der Waals surface area contributed by atoms with Crippen LogP contribution in [0, 0.1) is 0 Å². The van der Waals surface area contributed by atoms with Crippen molar-refractivity contribution in [3.05, 3.63) is 18.0 Å². The van der Waals surface area contributed by atoms with Gasteiger partial charge in [-0.3, -0.25) is 9.46 Å². The second-order valence-electron chi connectivity index (χ2n) is 6.58. The minimum Gasteiger partial charge on any atom is -0.504 e. The van der Waals surface area contributed by atoms with E-state index in [0.29, 0.717) is 50.7 Å². The number of fused-ring (bicyclic) bond motifs is 1. The number of hydrogen-bond acceptors (Lipinski definition) is 7. The van der Waals surface area contributed by atoms with Crippen LogP contribution in [-0.2, 0) is 11.0 Å². The van der Waals surface area contributed by atoms with Gasteiger partial charge in [0, 0.05) is 50.6 Å². The molecule has 1 aromatic heterocycles. The lowest BCUT2D eigenvalue weighted by atomic mass is 10.1. The van der Waals surface area contributed by atoms with Crippen LogP contribution >= 0.6 is 7.60 Å². The number of benzene rings is 1. The summed E-state index contributed by atoms with van der Waals surface area (Å²) in [4.78, 5) is 31.5. The first-order valence-electron chi connectivity index (χ1n) is 8.90. The summed E-state index contributed by atoms with van der Waals surface area (Å²) < 4.78 is 16.3. The van der Waals surface area contributed by atoms with Crippen LogP contribution in [0.15, 0.2) is 12.1 Å². The van der Waals surface area contributed by atoms with Gasteiger partial charge in [0.15, 0.2) is 11.5 Å². The van der Waals surface area contributed by atoms with E-state index in [9.17, 15) is 9.67 Å². The van der Waals surface area contributed by atoms with E-state index in [-0.39, 0.29) is 11.9 Å². The third-order valence-electron chi connectivity index (χ3n) is 4.72. The first-order chi connectivity index (χ1) is 12.8. The van der Waals surface area contributed by atoms with Gasteiger partial charge in [0.2, 0.25) is 0 Å². The summed E-state index contributed by atoms with van der Waals surface area (Å²) in [6.07, 6.45) is 0.561. The summed E-state index contributed by atoms with van der Waals surface area (Å²) >= 11 is 0. The van der Waals surface area contributed by atoms with Crippen molar-refractivity contribution in [2.24, 2.45) is 0 Å². The molecule has 1 aliphatic heterocycles. The van der Waals surface area contributed by atoms with Crippen molar-refractivity contribution >= 4 is 24.3 Å². The molecule has 27 heavy (non-hydrogen) atoms. The zero-order chi connectivity index (χ0) is 19.6. The summed E-state index contributed by atoms with van der Waals surface area (Å²) in [6.45, 7) is 5.11. The molecule has 0 bridgehead atoms. The number of phenols is 1. The maximum Gasteiger partial charge on any atom is 0.326 e. The number of methoxy groups -OCH3 is 1. The zero-order valence-corrected chi connectivity index (χ0v) is 16.4. The number of piperazine rings is 1. The first kappa shape index (κ1) is 19.8. The fourth-order valence-corrected chi connectivity index (χ4v) is 3.74. The Labute approximate surface area is 157 Å². The van der Waals surface area contributed by atoms with E-state index in [1.807, 2.05) is 11.8 Å². The lowest BCUT2D eigenvalue weighted by Crippen LogP contribution is -2.47. The second-order valence-corrected chi connectivity index (χ2v) is 8.35. The third kappa shape index (κ3) is 4.68. The van der Waals surface area contributed by atoms with Gasteiger partial charge in [-0.2, -0.15) is 0 Å². The average Bonchev–Trinajstić information content (AvgIpc) is 2.65. The van der Waals surface area contributed by atoms with Crippen LogP contribution in [0.4, 0.5) is 5.82 Å². The van der Waals surface area contributed by atoms with Crippen LogP contribution in [0.2, 0.25) is 0 Å². The molecule has 0 atom stereocenters. The van der Waals surface area contributed by atoms with Gasteiger partial charge in [0.25, 0.3) is 0 Å². The molecule has 0 unspecified atom stereocenters. The third-order valence-corrected chi connectivity index (χ3v) is 5.50. The standard InChI is InChI=1S/C17H25N4O5P/c1-3-16-18-13-11-15(26-2)14(22)10-12(13)17(19-16)21-6-4-20(5-7-21)8-9-27(23,24)25/h10-11,22H,3-9H2,1-2H3,(H2,23,24,25). The molecule has 1 aliphatic rings. The molecule has 2 heterocycles. The highest BCUT2D eigenvalue weighted by Crippen LogP contribution is 2.35. The van der Waals surface area contributed by atoms with Gasteiger partial charge in [-0.1, -0.05) is 6.92 Å². The smallest absolute Gasteiger partial charge is 0.326 e. The van der Waals surface area contributed by atoms with E-state index in [2.05, 4.69) is 14.9 Å². The highest BCUT2D eigenvalue weighted by Gasteiger charge is 2.23.